The summed E-state index contributed by atoms with van der Waals surface area (Å²) in [5, 5.41) is 3.25. The molecule has 1 nitrogen and oxygen atoms in total. The number of rotatable bonds is 2. The summed E-state index contributed by atoms with van der Waals surface area (Å²) in [7, 11) is 0. The van der Waals surface area contributed by atoms with E-state index in [0.717, 1.165) is 6.54 Å². The van der Waals surface area contributed by atoms with E-state index >= 15 is 0 Å². The van der Waals surface area contributed by atoms with Crippen molar-refractivity contribution in [1.82, 2.24) is 0 Å². The fourth-order valence-electron chi connectivity index (χ4n) is 1.60. The van der Waals surface area contributed by atoms with Crippen molar-refractivity contribution in [1.29, 1.82) is 0 Å². The van der Waals surface area contributed by atoms with Gasteiger partial charge in [0.1, 0.15) is 0 Å². The number of hydrogen-bond acceptors (Lipinski definition) is 1. The molecule has 0 spiro atoms. The molecule has 0 radical (unpaired) electrons. The summed E-state index contributed by atoms with van der Waals surface area (Å²) in [5.74, 6) is 0. The molecule has 18 heavy (non-hydrogen) atoms. The summed E-state index contributed by atoms with van der Waals surface area (Å²) in [6.07, 6.45) is 0. The topological polar surface area (TPSA) is 12.0 Å². The molecule has 0 aliphatic rings. The van der Waals surface area contributed by atoms with E-state index in [-0.39, 0.29) is 0 Å². The lowest BCUT2D eigenvalue weighted by Crippen LogP contribution is -1.95. The van der Waals surface area contributed by atoms with Crippen LogP contribution < -0.4 is 5.32 Å². The second-order valence-corrected chi connectivity index (χ2v) is 4.55. The van der Waals surface area contributed by atoms with Crippen LogP contribution in [-0.4, -0.2) is 6.54 Å². The van der Waals surface area contributed by atoms with E-state index in [1.807, 2.05) is 0 Å². The van der Waals surface area contributed by atoms with Gasteiger partial charge in [-0.2, -0.15) is 0 Å². The van der Waals surface area contributed by atoms with Crippen molar-refractivity contribution in [2.45, 2.75) is 27.7 Å². The van der Waals surface area contributed by atoms with Crippen LogP contribution in [0.5, 0.6) is 0 Å². The molecule has 0 aliphatic heterocycles. The van der Waals surface area contributed by atoms with Crippen LogP contribution >= 0.6 is 0 Å². The van der Waals surface area contributed by atoms with Crippen molar-refractivity contribution < 1.29 is 0 Å². The molecule has 1 N–H and O–H groups in total. The SMILES string of the molecule is CCNc1cccc(C)c1.Cc1ccc(C)cc1. The maximum absolute atomic E-state index is 3.25. The van der Waals surface area contributed by atoms with E-state index < -0.39 is 0 Å². The molecule has 0 fully saturated rings. The molecular weight excluding hydrogens is 218 g/mol. The lowest BCUT2D eigenvalue weighted by atomic mass is 10.2. The average molecular weight is 241 g/mol. The zero-order valence-corrected chi connectivity index (χ0v) is 11.8. The second kappa shape index (κ2) is 7.54. The van der Waals surface area contributed by atoms with Crippen LogP contribution in [0, 0.1) is 20.8 Å². The third kappa shape index (κ3) is 5.53. The van der Waals surface area contributed by atoms with Crippen molar-refractivity contribution in [3.8, 4) is 0 Å². The highest BCUT2D eigenvalue weighted by molar-refractivity contribution is 5.45. The summed E-state index contributed by atoms with van der Waals surface area (Å²) in [6, 6.07) is 16.9. The third-order valence-electron chi connectivity index (χ3n) is 2.62. The minimum atomic E-state index is 0.990. The molecule has 96 valence electrons. The first-order chi connectivity index (χ1) is 8.61. The predicted molar refractivity (Wildman–Crippen MR) is 81.3 cm³/mol. The fourth-order valence-corrected chi connectivity index (χ4v) is 1.60. The van der Waals surface area contributed by atoms with Gasteiger partial charge >= 0.3 is 0 Å². The van der Waals surface area contributed by atoms with Crippen molar-refractivity contribution in [3.63, 3.8) is 0 Å². The zero-order chi connectivity index (χ0) is 13.4. The van der Waals surface area contributed by atoms with Gasteiger partial charge in [0.15, 0.2) is 0 Å². The van der Waals surface area contributed by atoms with Crippen LogP contribution in [0.3, 0.4) is 0 Å². The Morgan fingerprint density at radius 3 is 1.78 bits per heavy atom. The van der Waals surface area contributed by atoms with Gasteiger partial charge in [0.25, 0.3) is 0 Å². The molecular formula is C17H23N. The molecule has 0 aliphatic carbocycles. The van der Waals surface area contributed by atoms with Gasteiger partial charge in [-0.05, 0) is 45.4 Å². The lowest BCUT2D eigenvalue weighted by Gasteiger charge is -2.02. The summed E-state index contributed by atoms with van der Waals surface area (Å²) in [6.45, 7) is 9.38. The second-order valence-electron chi connectivity index (χ2n) is 4.55. The first-order valence-corrected chi connectivity index (χ1v) is 6.45. The average Bonchev–Trinajstić information content (AvgIpc) is 2.34. The minimum Gasteiger partial charge on any atom is -0.385 e. The van der Waals surface area contributed by atoms with Crippen LogP contribution in [0.2, 0.25) is 0 Å². The van der Waals surface area contributed by atoms with Crippen molar-refractivity contribution >= 4 is 5.69 Å². The number of aryl methyl sites for hydroxylation is 3. The normalized spacial score (nSPS) is 9.33. The van der Waals surface area contributed by atoms with Crippen LogP contribution in [0.4, 0.5) is 5.69 Å². The van der Waals surface area contributed by atoms with Crippen molar-refractivity contribution in [2.75, 3.05) is 11.9 Å². The highest BCUT2D eigenvalue weighted by Gasteiger charge is 1.87. The Balaban J connectivity index is 0.000000184. The molecule has 1 heteroatoms. The first kappa shape index (κ1) is 14.3. The van der Waals surface area contributed by atoms with E-state index in [0.29, 0.717) is 0 Å². The zero-order valence-electron chi connectivity index (χ0n) is 11.8. The van der Waals surface area contributed by atoms with Crippen LogP contribution in [0.25, 0.3) is 0 Å². The molecule has 0 heterocycles. The smallest absolute Gasteiger partial charge is 0.0342 e. The monoisotopic (exact) mass is 241 g/mol. The van der Waals surface area contributed by atoms with Gasteiger partial charge in [-0.1, -0.05) is 47.5 Å². The highest BCUT2D eigenvalue weighted by Crippen LogP contribution is 2.08. The Morgan fingerprint density at radius 2 is 1.33 bits per heavy atom. The summed E-state index contributed by atoms with van der Waals surface area (Å²) >= 11 is 0. The number of nitrogens with one attached hydrogen (secondary N) is 1. The largest absolute Gasteiger partial charge is 0.385 e. The Labute approximate surface area is 111 Å². The minimum absolute atomic E-state index is 0.990. The van der Waals surface area contributed by atoms with E-state index in [9.17, 15) is 0 Å². The highest BCUT2D eigenvalue weighted by atomic mass is 14.8. The third-order valence-corrected chi connectivity index (χ3v) is 2.62. The molecule has 2 aromatic carbocycles. The Hall–Kier alpha value is -1.76. The molecule has 0 atom stereocenters. The predicted octanol–water partition coefficient (Wildman–Crippen LogP) is 4.73. The molecule has 2 aromatic rings. The fraction of sp³-hybridized carbons (Fsp3) is 0.294. The van der Waals surface area contributed by atoms with Gasteiger partial charge in [-0.25, -0.2) is 0 Å². The summed E-state index contributed by atoms with van der Waals surface area (Å²) < 4.78 is 0. The van der Waals surface area contributed by atoms with Gasteiger partial charge in [0, 0.05) is 12.2 Å². The number of hydrogen-bond donors (Lipinski definition) is 1. The lowest BCUT2D eigenvalue weighted by molar-refractivity contribution is 1.21. The van der Waals surface area contributed by atoms with E-state index in [1.54, 1.807) is 0 Å². The van der Waals surface area contributed by atoms with Crippen molar-refractivity contribution in [2.24, 2.45) is 0 Å². The van der Waals surface area contributed by atoms with Gasteiger partial charge in [0.2, 0.25) is 0 Å². The van der Waals surface area contributed by atoms with Gasteiger partial charge < -0.3 is 5.32 Å². The van der Waals surface area contributed by atoms with Crippen LogP contribution in [0.1, 0.15) is 23.6 Å². The maximum Gasteiger partial charge on any atom is 0.0342 e. The Bertz CT molecular complexity index is 436. The van der Waals surface area contributed by atoms with E-state index in [2.05, 4.69) is 81.5 Å². The molecule has 0 amide bonds. The maximum atomic E-state index is 3.25. The molecule has 0 unspecified atom stereocenters. The molecule has 2 rings (SSSR count). The molecule has 0 bridgehead atoms. The quantitative estimate of drug-likeness (QED) is 0.801. The van der Waals surface area contributed by atoms with Crippen LogP contribution in [-0.2, 0) is 0 Å². The van der Waals surface area contributed by atoms with E-state index in [4.69, 9.17) is 0 Å². The van der Waals surface area contributed by atoms with Gasteiger partial charge in [0.05, 0.1) is 0 Å². The van der Waals surface area contributed by atoms with Gasteiger partial charge in [-0.15, -0.1) is 0 Å². The molecule has 0 saturated heterocycles. The van der Waals surface area contributed by atoms with Crippen molar-refractivity contribution in [3.05, 3.63) is 65.2 Å². The molecule has 0 saturated carbocycles. The standard InChI is InChI=1S/C9H13N.C8H10/c1-3-10-9-6-4-5-8(2)7-9;1-7-3-5-8(2)6-4-7/h4-7,10H,3H2,1-2H3;3-6H,1-2H3. The molecule has 0 aromatic heterocycles. The number of anilines is 1. The Kier molecular flexibility index (Phi) is 5.99. The summed E-state index contributed by atoms with van der Waals surface area (Å²) in [4.78, 5) is 0. The van der Waals surface area contributed by atoms with Crippen LogP contribution in [0.15, 0.2) is 48.5 Å². The van der Waals surface area contributed by atoms with E-state index in [1.165, 1.54) is 22.4 Å². The van der Waals surface area contributed by atoms with Gasteiger partial charge in [-0.3, -0.25) is 0 Å². The Morgan fingerprint density at radius 1 is 0.778 bits per heavy atom. The first-order valence-electron chi connectivity index (χ1n) is 6.45. The summed E-state index contributed by atoms with van der Waals surface area (Å²) in [5.41, 5.74) is 5.17. The number of benzene rings is 2.